The maximum Gasteiger partial charge on any atom is 0.0119 e. The van der Waals surface area contributed by atoms with E-state index < -0.39 is 0 Å². The predicted octanol–water partition coefficient (Wildman–Crippen LogP) is 3.96. The summed E-state index contributed by atoms with van der Waals surface area (Å²) in [6, 6.07) is 1.45. The van der Waals surface area contributed by atoms with Gasteiger partial charge in [0.1, 0.15) is 0 Å². The van der Waals surface area contributed by atoms with Crippen LogP contribution < -0.4 is 10.6 Å². The summed E-state index contributed by atoms with van der Waals surface area (Å²) >= 11 is 0. The minimum absolute atomic E-state index is 0.423. The Morgan fingerprint density at radius 2 is 1.65 bits per heavy atom. The Labute approximate surface area is 126 Å². The van der Waals surface area contributed by atoms with Gasteiger partial charge in [-0.05, 0) is 61.9 Å². The van der Waals surface area contributed by atoms with Crippen LogP contribution >= 0.6 is 0 Å². The zero-order valence-electron chi connectivity index (χ0n) is 14.4. The van der Waals surface area contributed by atoms with Crippen LogP contribution in [0.25, 0.3) is 0 Å². The largest absolute Gasteiger partial charge is 0.314 e. The van der Waals surface area contributed by atoms with Crippen LogP contribution in [-0.2, 0) is 0 Å². The van der Waals surface area contributed by atoms with Crippen molar-refractivity contribution in [2.45, 2.75) is 85.2 Å². The molecule has 2 saturated heterocycles. The Bertz CT molecular complexity index is 289. The third-order valence-electron chi connectivity index (χ3n) is 5.77. The molecule has 2 nitrogen and oxygen atoms in total. The van der Waals surface area contributed by atoms with Gasteiger partial charge in [-0.1, -0.05) is 41.0 Å². The van der Waals surface area contributed by atoms with E-state index in [1.54, 1.807) is 0 Å². The first-order chi connectivity index (χ1) is 9.29. The fourth-order valence-electron chi connectivity index (χ4n) is 4.13. The molecule has 2 aliphatic heterocycles. The summed E-state index contributed by atoms with van der Waals surface area (Å²) in [7, 11) is 0. The third kappa shape index (κ3) is 4.21. The maximum absolute atomic E-state index is 3.84. The van der Waals surface area contributed by atoms with Crippen molar-refractivity contribution in [2.75, 3.05) is 13.1 Å². The molecule has 0 aromatic rings. The molecule has 2 rings (SSSR count). The Balaban J connectivity index is 1.82. The van der Waals surface area contributed by atoms with E-state index in [1.807, 2.05) is 0 Å². The molecule has 0 spiro atoms. The zero-order valence-corrected chi connectivity index (χ0v) is 14.4. The SMILES string of the molecule is CC(C)(C)C1CCC(CC(C)(C)C2CCCCN2)NC1. The lowest BCUT2D eigenvalue weighted by atomic mass is 9.71. The van der Waals surface area contributed by atoms with Gasteiger partial charge in [0.05, 0.1) is 0 Å². The van der Waals surface area contributed by atoms with Crippen LogP contribution in [0.5, 0.6) is 0 Å². The molecule has 0 radical (unpaired) electrons. The summed E-state index contributed by atoms with van der Waals surface area (Å²) in [6.45, 7) is 14.5. The van der Waals surface area contributed by atoms with Crippen LogP contribution in [0.4, 0.5) is 0 Å². The molecular weight excluding hydrogens is 244 g/mol. The van der Waals surface area contributed by atoms with Crippen molar-refractivity contribution in [2.24, 2.45) is 16.7 Å². The summed E-state index contributed by atoms with van der Waals surface area (Å²) < 4.78 is 0. The highest BCUT2D eigenvalue weighted by atomic mass is 15.0. The Kier molecular flexibility index (Phi) is 5.18. The first-order valence-corrected chi connectivity index (χ1v) is 8.76. The van der Waals surface area contributed by atoms with Gasteiger partial charge in [0, 0.05) is 12.1 Å². The van der Waals surface area contributed by atoms with Crippen molar-refractivity contribution < 1.29 is 0 Å². The summed E-state index contributed by atoms with van der Waals surface area (Å²) in [5.74, 6) is 0.842. The highest BCUT2D eigenvalue weighted by molar-refractivity contribution is 4.92. The van der Waals surface area contributed by atoms with Gasteiger partial charge >= 0.3 is 0 Å². The highest BCUT2D eigenvalue weighted by Gasteiger charge is 2.35. The molecule has 0 saturated carbocycles. The van der Waals surface area contributed by atoms with E-state index in [0.29, 0.717) is 10.8 Å². The van der Waals surface area contributed by atoms with Crippen LogP contribution in [0.2, 0.25) is 0 Å². The van der Waals surface area contributed by atoms with E-state index >= 15 is 0 Å². The van der Waals surface area contributed by atoms with E-state index in [2.05, 4.69) is 45.3 Å². The summed E-state index contributed by atoms with van der Waals surface area (Å²) in [5.41, 5.74) is 0.880. The fourth-order valence-corrected chi connectivity index (χ4v) is 4.13. The van der Waals surface area contributed by atoms with Crippen LogP contribution in [0.1, 0.15) is 73.1 Å². The molecular formula is C18H36N2. The van der Waals surface area contributed by atoms with Gasteiger partial charge in [0.2, 0.25) is 0 Å². The predicted molar refractivity (Wildman–Crippen MR) is 88.0 cm³/mol. The Morgan fingerprint density at radius 1 is 0.900 bits per heavy atom. The number of hydrogen-bond acceptors (Lipinski definition) is 2. The number of nitrogens with one attached hydrogen (secondary N) is 2. The second-order valence-corrected chi connectivity index (χ2v) is 8.94. The van der Waals surface area contributed by atoms with Gasteiger partial charge in [-0.3, -0.25) is 0 Å². The van der Waals surface area contributed by atoms with Crippen molar-refractivity contribution in [3.8, 4) is 0 Å². The first-order valence-electron chi connectivity index (χ1n) is 8.76. The molecule has 0 aromatic heterocycles. The normalized spacial score (nSPS) is 33.1. The highest BCUT2D eigenvalue weighted by Crippen LogP contribution is 2.37. The van der Waals surface area contributed by atoms with Crippen molar-refractivity contribution >= 4 is 0 Å². The lowest BCUT2D eigenvalue weighted by molar-refractivity contribution is 0.125. The summed E-state index contributed by atoms with van der Waals surface area (Å²) in [6.07, 6.45) is 8.21. The number of rotatable bonds is 3. The van der Waals surface area contributed by atoms with E-state index in [4.69, 9.17) is 0 Å². The summed E-state index contributed by atoms with van der Waals surface area (Å²) in [5, 5.41) is 7.60. The second-order valence-electron chi connectivity index (χ2n) is 8.94. The van der Waals surface area contributed by atoms with Crippen molar-refractivity contribution in [3.05, 3.63) is 0 Å². The quantitative estimate of drug-likeness (QED) is 0.817. The van der Waals surface area contributed by atoms with Gasteiger partial charge in [0.25, 0.3) is 0 Å². The molecule has 2 N–H and O–H groups in total. The van der Waals surface area contributed by atoms with Crippen molar-refractivity contribution in [3.63, 3.8) is 0 Å². The van der Waals surface area contributed by atoms with Gasteiger partial charge in [-0.15, -0.1) is 0 Å². The molecule has 2 heteroatoms. The molecule has 20 heavy (non-hydrogen) atoms. The Morgan fingerprint density at radius 3 is 2.15 bits per heavy atom. The molecule has 3 atom stereocenters. The van der Waals surface area contributed by atoms with Gasteiger partial charge in [-0.2, -0.15) is 0 Å². The van der Waals surface area contributed by atoms with Crippen LogP contribution in [0.3, 0.4) is 0 Å². The molecule has 2 heterocycles. The maximum atomic E-state index is 3.84. The molecule has 3 unspecified atom stereocenters. The number of hydrogen-bond donors (Lipinski definition) is 2. The van der Waals surface area contributed by atoms with Crippen molar-refractivity contribution in [1.82, 2.24) is 10.6 Å². The molecule has 0 aromatic carbocycles. The van der Waals surface area contributed by atoms with Gasteiger partial charge < -0.3 is 10.6 Å². The van der Waals surface area contributed by atoms with Gasteiger partial charge in [-0.25, -0.2) is 0 Å². The molecule has 2 fully saturated rings. The zero-order chi connectivity index (χ0) is 14.8. The first kappa shape index (κ1) is 16.3. The summed E-state index contributed by atoms with van der Waals surface area (Å²) in [4.78, 5) is 0. The topological polar surface area (TPSA) is 24.1 Å². The lowest BCUT2D eigenvalue weighted by Crippen LogP contribution is -2.50. The lowest BCUT2D eigenvalue weighted by Gasteiger charge is -2.43. The minimum atomic E-state index is 0.423. The van der Waals surface area contributed by atoms with Crippen LogP contribution in [0.15, 0.2) is 0 Å². The van der Waals surface area contributed by atoms with Crippen LogP contribution in [-0.4, -0.2) is 25.2 Å². The average molecular weight is 280 g/mol. The molecule has 0 bridgehead atoms. The minimum Gasteiger partial charge on any atom is -0.314 e. The fraction of sp³-hybridized carbons (Fsp3) is 1.00. The standard InChI is InChI=1S/C18H36N2/c1-17(2,3)14-9-10-15(20-13-14)12-18(4,5)16-8-6-7-11-19-16/h14-16,19-20H,6-13H2,1-5H3. The molecule has 118 valence electrons. The van der Waals surface area contributed by atoms with E-state index in [-0.39, 0.29) is 0 Å². The molecule has 0 amide bonds. The average Bonchev–Trinajstić information content (AvgIpc) is 2.39. The van der Waals surface area contributed by atoms with E-state index in [0.717, 1.165) is 18.0 Å². The second kappa shape index (κ2) is 6.36. The van der Waals surface area contributed by atoms with Gasteiger partial charge in [0.15, 0.2) is 0 Å². The number of piperidine rings is 2. The van der Waals surface area contributed by atoms with Crippen molar-refractivity contribution in [1.29, 1.82) is 0 Å². The van der Waals surface area contributed by atoms with E-state index in [9.17, 15) is 0 Å². The molecule has 2 aliphatic rings. The third-order valence-corrected chi connectivity index (χ3v) is 5.77. The van der Waals surface area contributed by atoms with Crippen LogP contribution in [0, 0.1) is 16.7 Å². The Hall–Kier alpha value is -0.0800. The van der Waals surface area contributed by atoms with E-state index in [1.165, 1.54) is 51.6 Å². The molecule has 0 aliphatic carbocycles. The monoisotopic (exact) mass is 280 g/mol. The smallest absolute Gasteiger partial charge is 0.0119 e.